The van der Waals surface area contributed by atoms with Gasteiger partial charge in [-0.25, -0.2) is 0 Å². The Morgan fingerprint density at radius 2 is 1.91 bits per heavy atom. The summed E-state index contributed by atoms with van der Waals surface area (Å²) < 4.78 is 18.1. The summed E-state index contributed by atoms with van der Waals surface area (Å²) in [6.07, 6.45) is 6.45. The predicted octanol–water partition coefficient (Wildman–Crippen LogP) is 8.14. The van der Waals surface area contributed by atoms with Crippen LogP contribution in [-0.4, -0.2) is 34.8 Å². The molecular formula is C28H35ClO5S. The van der Waals surface area contributed by atoms with Gasteiger partial charge in [-0.2, -0.15) is 0 Å². The fourth-order valence-electron chi connectivity index (χ4n) is 3.36. The van der Waals surface area contributed by atoms with Gasteiger partial charge in [0.25, 0.3) is 0 Å². The van der Waals surface area contributed by atoms with Crippen LogP contribution < -0.4 is 9.47 Å². The molecule has 0 heterocycles. The molecule has 2 aromatic rings. The molecule has 0 saturated heterocycles. The van der Waals surface area contributed by atoms with Gasteiger partial charge in [-0.3, -0.25) is 4.79 Å². The first-order valence-electron chi connectivity index (χ1n) is 11.9. The Bertz CT molecular complexity index is 990. The number of thioether (sulfide) groups is 1. The van der Waals surface area contributed by atoms with Gasteiger partial charge in [0.2, 0.25) is 0 Å². The van der Waals surface area contributed by atoms with E-state index in [1.165, 1.54) is 11.8 Å². The third kappa shape index (κ3) is 10.3. The van der Waals surface area contributed by atoms with Crippen LogP contribution in [0.5, 0.6) is 17.2 Å². The number of aliphatic carboxylic acids is 1. The topological polar surface area (TPSA) is 65.0 Å². The molecule has 0 aliphatic heterocycles. The van der Waals surface area contributed by atoms with Crippen molar-refractivity contribution in [2.24, 2.45) is 0 Å². The molecule has 0 bridgehead atoms. The van der Waals surface area contributed by atoms with E-state index in [1.807, 2.05) is 70.2 Å². The zero-order valence-electron chi connectivity index (χ0n) is 20.8. The van der Waals surface area contributed by atoms with Crippen molar-refractivity contribution in [1.82, 2.24) is 0 Å². The van der Waals surface area contributed by atoms with E-state index in [0.29, 0.717) is 35.3 Å². The Hall–Kier alpha value is -2.57. The first-order chi connectivity index (χ1) is 16.9. The Balaban J connectivity index is 0.00000210. The minimum absolute atomic E-state index is 0.0976. The first-order valence-corrected chi connectivity index (χ1v) is 13.4. The minimum Gasteiger partial charge on any atom is -0.494 e. The SMILES string of the molecule is CC.CC1=CC(OCC[C@@H](C)Oc2ccc(Cl)cc2Oc2ccccc2)=CCCC1SCC(=O)O. The van der Waals surface area contributed by atoms with Crippen molar-refractivity contribution < 1.29 is 24.1 Å². The van der Waals surface area contributed by atoms with E-state index in [2.05, 4.69) is 6.08 Å². The maximum atomic E-state index is 10.9. The van der Waals surface area contributed by atoms with Gasteiger partial charge < -0.3 is 19.3 Å². The normalized spacial score (nSPS) is 16.0. The summed E-state index contributed by atoms with van der Waals surface area (Å²) in [7, 11) is 0. The second-order valence-corrected chi connectivity index (χ2v) is 9.46. The highest BCUT2D eigenvalue weighted by molar-refractivity contribution is 8.00. The minimum atomic E-state index is -0.784. The van der Waals surface area contributed by atoms with Gasteiger partial charge in [0, 0.05) is 22.8 Å². The van der Waals surface area contributed by atoms with Gasteiger partial charge in [-0.15, -0.1) is 11.8 Å². The Labute approximate surface area is 218 Å². The molecule has 0 radical (unpaired) electrons. The number of carboxylic acids is 1. The average Bonchev–Trinajstić information content (AvgIpc) is 3.02. The second-order valence-electron chi connectivity index (χ2n) is 7.84. The third-order valence-corrected chi connectivity index (χ3v) is 6.72. The zero-order chi connectivity index (χ0) is 25.6. The van der Waals surface area contributed by atoms with Gasteiger partial charge in [-0.05, 0) is 63.1 Å². The van der Waals surface area contributed by atoms with E-state index in [1.54, 1.807) is 12.1 Å². The molecule has 0 spiro atoms. The molecule has 1 N–H and O–H groups in total. The van der Waals surface area contributed by atoms with Gasteiger partial charge in [0.15, 0.2) is 11.5 Å². The maximum absolute atomic E-state index is 10.9. The van der Waals surface area contributed by atoms with E-state index in [4.69, 9.17) is 30.9 Å². The van der Waals surface area contributed by atoms with Crippen molar-refractivity contribution in [3.8, 4) is 17.2 Å². The highest BCUT2D eigenvalue weighted by atomic mass is 35.5. The van der Waals surface area contributed by atoms with E-state index in [-0.39, 0.29) is 17.1 Å². The molecule has 7 heteroatoms. The molecule has 1 aliphatic carbocycles. The van der Waals surface area contributed by atoms with Crippen LogP contribution in [0, 0.1) is 0 Å². The summed E-state index contributed by atoms with van der Waals surface area (Å²) in [4.78, 5) is 10.9. The monoisotopic (exact) mass is 518 g/mol. The molecule has 190 valence electrons. The Morgan fingerprint density at radius 3 is 2.63 bits per heavy atom. The lowest BCUT2D eigenvalue weighted by atomic mass is 10.1. The molecule has 1 aliphatic rings. The van der Waals surface area contributed by atoms with Crippen molar-refractivity contribution >= 4 is 29.3 Å². The highest BCUT2D eigenvalue weighted by Crippen LogP contribution is 2.35. The smallest absolute Gasteiger partial charge is 0.313 e. The van der Waals surface area contributed by atoms with Crippen LogP contribution in [0.2, 0.25) is 5.02 Å². The largest absolute Gasteiger partial charge is 0.494 e. The molecule has 35 heavy (non-hydrogen) atoms. The lowest BCUT2D eigenvalue weighted by Crippen LogP contribution is -2.15. The number of carbonyl (C=O) groups is 1. The van der Waals surface area contributed by atoms with Crippen LogP contribution in [0.15, 0.2) is 72.0 Å². The number of ether oxygens (including phenoxy) is 3. The Morgan fingerprint density at radius 1 is 1.17 bits per heavy atom. The molecule has 2 atom stereocenters. The van der Waals surface area contributed by atoms with Crippen LogP contribution in [0.3, 0.4) is 0 Å². The van der Waals surface area contributed by atoms with Crippen molar-refractivity contribution in [3.63, 3.8) is 0 Å². The molecule has 2 aromatic carbocycles. The summed E-state index contributed by atoms with van der Waals surface area (Å²) in [6.45, 7) is 8.53. The maximum Gasteiger partial charge on any atom is 0.313 e. The third-order valence-electron chi connectivity index (χ3n) is 5.06. The van der Waals surface area contributed by atoms with Gasteiger partial charge in [0.05, 0.1) is 18.5 Å². The van der Waals surface area contributed by atoms with Crippen LogP contribution in [-0.2, 0) is 9.53 Å². The van der Waals surface area contributed by atoms with Crippen molar-refractivity contribution in [2.45, 2.75) is 58.3 Å². The lowest BCUT2D eigenvalue weighted by molar-refractivity contribution is -0.133. The molecule has 0 fully saturated rings. The fourth-order valence-corrected chi connectivity index (χ4v) is 4.50. The second kappa shape index (κ2) is 15.4. The molecular weight excluding hydrogens is 484 g/mol. The number of hydrogen-bond donors (Lipinski definition) is 1. The summed E-state index contributed by atoms with van der Waals surface area (Å²) in [5.74, 6) is 2.06. The molecule has 1 unspecified atom stereocenters. The van der Waals surface area contributed by atoms with E-state index in [0.717, 1.165) is 24.2 Å². The molecule has 3 rings (SSSR count). The number of hydrogen-bond acceptors (Lipinski definition) is 5. The summed E-state index contributed by atoms with van der Waals surface area (Å²) >= 11 is 7.63. The Kier molecular flexibility index (Phi) is 12.6. The number of para-hydroxylation sites is 1. The van der Waals surface area contributed by atoms with Crippen LogP contribution in [0.25, 0.3) is 0 Å². The van der Waals surface area contributed by atoms with E-state index < -0.39 is 5.97 Å². The standard InChI is InChI=1S/C26H29ClO5S.C2H6/c1-18-15-22(9-6-10-25(18)33-17-26(28)29)30-14-13-19(2)31-23-12-11-20(27)16-24(23)32-21-7-4-3-5-8-21;1-2/h3-5,7-9,11-12,15-16,19,25H,6,10,13-14,17H2,1-2H3,(H,28,29);1-2H3/t19-,25?;/m1./s1. The van der Waals surface area contributed by atoms with Gasteiger partial charge in [-0.1, -0.05) is 49.2 Å². The number of benzene rings is 2. The number of rotatable bonds is 11. The van der Waals surface area contributed by atoms with Crippen molar-refractivity contribution in [3.05, 3.63) is 77.0 Å². The van der Waals surface area contributed by atoms with Crippen molar-refractivity contribution in [1.29, 1.82) is 0 Å². The lowest BCUT2D eigenvalue weighted by Gasteiger charge is -2.18. The van der Waals surface area contributed by atoms with E-state index >= 15 is 0 Å². The van der Waals surface area contributed by atoms with Gasteiger partial charge in [0.1, 0.15) is 11.5 Å². The van der Waals surface area contributed by atoms with E-state index in [9.17, 15) is 4.79 Å². The van der Waals surface area contributed by atoms with Gasteiger partial charge >= 0.3 is 5.97 Å². The molecule has 0 saturated carbocycles. The summed E-state index contributed by atoms with van der Waals surface area (Å²) in [6, 6.07) is 14.8. The zero-order valence-corrected chi connectivity index (χ0v) is 22.4. The number of allylic oxidation sites excluding steroid dienone is 2. The fraction of sp³-hybridized carbons (Fsp3) is 0.393. The summed E-state index contributed by atoms with van der Waals surface area (Å²) in [5, 5.41) is 9.70. The van der Waals surface area contributed by atoms with Crippen LogP contribution in [0.1, 0.15) is 47.0 Å². The molecule has 0 amide bonds. The highest BCUT2D eigenvalue weighted by Gasteiger charge is 2.17. The average molecular weight is 519 g/mol. The quantitative estimate of drug-likeness (QED) is 0.324. The predicted molar refractivity (Wildman–Crippen MR) is 145 cm³/mol. The van der Waals surface area contributed by atoms with Crippen molar-refractivity contribution in [2.75, 3.05) is 12.4 Å². The van der Waals surface area contributed by atoms with Crippen LogP contribution in [0.4, 0.5) is 0 Å². The first kappa shape index (κ1) is 28.7. The van der Waals surface area contributed by atoms with Crippen LogP contribution >= 0.6 is 23.4 Å². The molecule has 5 nitrogen and oxygen atoms in total. The molecule has 0 aromatic heterocycles. The number of halogens is 1. The number of carboxylic acid groups (broad SMARTS) is 1. The summed E-state index contributed by atoms with van der Waals surface area (Å²) in [5.41, 5.74) is 1.14.